The van der Waals surface area contributed by atoms with E-state index >= 15 is 0 Å². The predicted molar refractivity (Wildman–Crippen MR) is 72.5 cm³/mol. The molecule has 0 amide bonds. The molecule has 0 aliphatic heterocycles. The molecule has 1 saturated carbocycles. The Hall–Kier alpha value is -1.70. The molecule has 92 valence electrons. The van der Waals surface area contributed by atoms with Crippen molar-refractivity contribution in [2.75, 3.05) is 0 Å². The van der Waals surface area contributed by atoms with Crippen molar-refractivity contribution in [3.63, 3.8) is 0 Å². The number of hydrogen-bond donors (Lipinski definition) is 0. The molecular weight excluding hydrogens is 222 g/mol. The molecule has 3 rings (SSSR count). The number of aromatic nitrogens is 1. The lowest BCUT2D eigenvalue weighted by atomic mass is 9.79. The Kier molecular flexibility index (Phi) is 3.09. The van der Waals surface area contributed by atoms with Gasteiger partial charge >= 0.3 is 0 Å². The molecule has 1 aliphatic carbocycles. The standard InChI is InChI=1S/C16H17NO/c18-11-12-3-5-13(6-4-12)14-7-8-16-15(10-14)2-1-9-17-16/h1-2,7-13H,3-6H2. The number of rotatable bonds is 2. The maximum absolute atomic E-state index is 10.8. The van der Waals surface area contributed by atoms with Gasteiger partial charge in [0.2, 0.25) is 0 Å². The zero-order chi connectivity index (χ0) is 12.4. The van der Waals surface area contributed by atoms with Crippen LogP contribution in [-0.2, 0) is 4.79 Å². The lowest BCUT2D eigenvalue weighted by Gasteiger charge is -2.25. The number of carbonyl (C=O) groups excluding carboxylic acids is 1. The molecule has 0 spiro atoms. The first-order chi connectivity index (χ1) is 8.86. The number of hydrogen-bond acceptors (Lipinski definition) is 2. The van der Waals surface area contributed by atoms with E-state index in [-0.39, 0.29) is 0 Å². The Bertz CT molecular complexity index is 556. The lowest BCUT2D eigenvalue weighted by molar-refractivity contribution is -0.111. The molecule has 18 heavy (non-hydrogen) atoms. The van der Waals surface area contributed by atoms with Gasteiger partial charge in [-0.2, -0.15) is 0 Å². The number of benzene rings is 1. The Morgan fingerprint density at radius 1 is 1.11 bits per heavy atom. The van der Waals surface area contributed by atoms with Crippen molar-refractivity contribution < 1.29 is 4.79 Å². The largest absolute Gasteiger partial charge is 0.303 e. The highest BCUT2D eigenvalue weighted by atomic mass is 16.1. The van der Waals surface area contributed by atoms with Crippen molar-refractivity contribution in [2.45, 2.75) is 31.6 Å². The summed E-state index contributed by atoms with van der Waals surface area (Å²) >= 11 is 0. The summed E-state index contributed by atoms with van der Waals surface area (Å²) in [4.78, 5) is 15.1. The summed E-state index contributed by atoms with van der Waals surface area (Å²) in [6.45, 7) is 0. The number of carbonyl (C=O) groups is 1. The minimum absolute atomic E-state index is 0.295. The summed E-state index contributed by atoms with van der Waals surface area (Å²) in [7, 11) is 0. The second-order valence-corrected chi connectivity index (χ2v) is 5.20. The van der Waals surface area contributed by atoms with Gasteiger partial charge in [0.25, 0.3) is 0 Å². The van der Waals surface area contributed by atoms with Gasteiger partial charge in [-0.1, -0.05) is 12.1 Å². The molecule has 2 heteroatoms. The van der Waals surface area contributed by atoms with Crippen LogP contribution in [0.15, 0.2) is 36.5 Å². The molecule has 1 aliphatic rings. The summed E-state index contributed by atoms with van der Waals surface area (Å²) in [6.07, 6.45) is 7.31. The van der Waals surface area contributed by atoms with Crippen LogP contribution in [0, 0.1) is 5.92 Å². The molecule has 2 aromatic rings. The fourth-order valence-corrected chi connectivity index (χ4v) is 2.94. The fraction of sp³-hybridized carbons (Fsp3) is 0.375. The van der Waals surface area contributed by atoms with Crippen LogP contribution in [0.2, 0.25) is 0 Å². The van der Waals surface area contributed by atoms with E-state index < -0.39 is 0 Å². The summed E-state index contributed by atoms with van der Waals surface area (Å²) in [6, 6.07) is 10.7. The van der Waals surface area contributed by atoms with Gasteiger partial charge in [0, 0.05) is 17.5 Å². The zero-order valence-corrected chi connectivity index (χ0v) is 10.4. The summed E-state index contributed by atoms with van der Waals surface area (Å²) in [5.74, 6) is 0.911. The van der Waals surface area contributed by atoms with Crippen LogP contribution in [0.5, 0.6) is 0 Å². The monoisotopic (exact) mass is 239 g/mol. The molecule has 1 fully saturated rings. The fourth-order valence-electron chi connectivity index (χ4n) is 2.94. The summed E-state index contributed by atoms with van der Waals surface area (Å²) in [5, 5.41) is 1.22. The van der Waals surface area contributed by atoms with Crippen molar-refractivity contribution in [1.82, 2.24) is 4.98 Å². The van der Waals surface area contributed by atoms with Gasteiger partial charge in [-0.3, -0.25) is 4.98 Å². The van der Waals surface area contributed by atoms with Gasteiger partial charge in [0.1, 0.15) is 6.29 Å². The second kappa shape index (κ2) is 4.89. The summed E-state index contributed by atoms with van der Waals surface area (Å²) < 4.78 is 0. The first-order valence-corrected chi connectivity index (χ1v) is 6.67. The third-order valence-corrected chi connectivity index (χ3v) is 4.06. The number of pyridine rings is 1. The van der Waals surface area contributed by atoms with E-state index in [2.05, 4.69) is 29.2 Å². The maximum atomic E-state index is 10.8. The Labute approximate surface area is 107 Å². The zero-order valence-electron chi connectivity index (χ0n) is 10.4. The van der Waals surface area contributed by atoms with Crippen LogP contribution >= 0.6 is 0 Å². The first-order valence-electron chi connectivity index (χ1n) is 6.67. The summed E-state index contributed by atoms with van der Waals surface area (Å²) in [5.41, 5.74) is 2.46. The van der Waals surface area contributed by atoms with Gasteiger partial charge in [-0.05, 0) is 55.4 Å². The third kappa shape index (κ3) is 2.15. The Balaban J connectivity index is 1.84. The van der Waals surface area contributed by atoms with E-state index in [0.29, 0.717) is 11.8 Å². The highest BCUT2D eigenvalue weighted by Crippen LogP contribution is 2.35. The minimum Gasteiger partial charge on any atom is -0.303 e. The van der Waals surface area contributed by atoms with Gasteiger partial charge < -0.3 is 4.79 Å². The number of fused-ring (bicyclic) bond motifs is 1. The highest BCUT2D eigenvalue weighted by molar-refractivity contribution is 5.79. The van der Waals surface area contributed by atoms with Crippen molar-refractivity contribution in [1.29, 1.82) is 0 Å². The quantitative estimate of drug-likeness (QED) is 0.748. The highest BCUT2D eigenvalue weighted by Gasteiger charge is 2.21. The predicted octanol–water partition coefficient (Wildman–Crippen LogP) is 3.71. The molecule has 0 N–H and O–H groups in total. The van der Waals surface area contributed by atoms with Gasteiger partial charge in [0.15, 0.2) is 0 Å². The average molecular weight is 239 g/mol. The molecule has 1 heterocycles. The van der Waals surface area contributed by atoms with E-state index in [1.165, 1.54) is 10.9 Å². The molecule has 1 aromatic carbocycles. The van der Waals surface area contributed by atoms with Crippen LogP contribution in [-0.4, -0.2) is 11.3 Å². The van der Waals surface area contributed by atoms with Crippen LogP contribution in [0.3, 0.4) is 0 Å². The maximum Gasteiger partial charge on any atom is 0.123 e. The SMILES string of the molecule is O=CC1CCC(c2ccc3ncccc3c2)CC1. The molecule has 0 saturated heterocycles. The molecule has 0 atom stereocenters. The topological polar surface area (TPSA) is 30.0 Å². The van der Waals surface area contributed by atoms with E-state index in [4.69, 9.17) is 0 Å². The van der Waals surface area contributed by atoms with Crippen LogP contribution in [0.25, 0.3) is 10.9 Å². The van der Waals surface area contributed by atoms with Crippen molar-refractivity contribution in [2.24, 2.45) is 5.92 Å². The van der Waals surface area contributed by atoms with Crippen molar-refractivity contribution >= 4 is 17.2 Å². The van der Waals surface area contributed by atoms with Crippen molar-refractivity contribution in [3.05, 3.63) is 42.1 Å². The average Bonchev–Trinajstić information content (AvgIpc) is 2.47. The van der Waals surface area contributed by atoms with E-state index in [0.717, 1.165) is 37.5 Å². The van der Waals surface area contributed by atoms with Crippen LogP contribution in [0.1, 0.15) is 37.2 Å². The van der Waals surface area contributed by atoms with Crippen LogP contribution < -0.4 is 0 Å². The number of nitrogens with zero attached hydrogens (tertiary/aromatic N) is 1. The third-order valence-electron chi connectivity index (χ3n) is 4.06. The second-order valence-electron chi connectivity index (χ2n) is 5.20. The normalized spacial score (nSPS) is 24.0. The minimum atomic E-state index is 0.295. The van der Waals surface area contributed by atoms with E-state index in [1.54, 1.807) is 0 Å². The van der Waals surface area contributed by atoms with Crippen molar-refractivity contribution in [3.8, 4) is 0 Å². The van der Waals surface area contributed by atoms with Gasteiger partial charge in [-0.25, -0.2) is 0 Å². The smallest absolute Gasteiger partial charge is 0.123 e. The molecule has 2 nitrogen and oxygen atoms in total. The molecule has 1 aromatic heterocycles. The number of aldehydes is 1. The molecule has 0 bridgehead atoms. The molecule has 0 unspecified atom stereocenters. The molecular formula is C16H17NO. The molecule has 0 radical (unpaired) electrons. The van der Waals surface area contributed by atoms with E-state index in [9.17, 15) is 4.79 Å². The van der Waals surface area contributed by atoms with Gasteiger partial charge in [-0.15, -0.1) is 0 Å². The lowest BCUT2D eigenvalue weighted by Crippen LogP contribution is -2.14. The van der Waals surface area contributed by atoms with Gasteiger partial charge in [0.05, 0.1) is 5.52 Å². The Morgan fingerprint density at radius 3 is 2.72 bits per heavy atom. The van der Waals surface area contributed by atoms with E-state index in [1.807, 2.05) is 12.3 Å². The van der Waals surface area contributed by atoms with Crippen LogP contribution in [0.4, 0.5) is 0 Å². The Morgan fingerprint density at radius 2 is 1.94 bits per heavy atom. The first kappa shape index (κ1) is 11.4.